The van der Waals surface area contributed by atoms with Gasteiger partial charge in [-0.25, -0.2) is 0 Å². The van der Waals surface area contributed by atoms with Crippen LogP contribution >= 0.6 is 0 Å². The molecule has 2 aliphatic rings. The molecule has 0 saturated carbocycles. The molecule has 2 saturated heterocycles. The number of alkyl halides is 3. The second-order valence-electron chi connectivity index (χ2n) is 7.65. The number of anilines is 2. The molecule has 1 aromatic heterocycles. The van der Waals surface area contributed by atoms with Crippen molar-refractivity contribution in [2.45, 2.75) is 12.9 Å². The molecule has 0 radical (unpaired) electrons. The van der Waals surface area contributed by atoms with Crippen LogP contribution in [-0.2, 0) is 21.5 Å². The lowest BCUT2D eigenvalue weighted by atomic mass is 10.2. The van der Waals surface area contributed by atoms with Crippen LogP contribution in [0.1, 0.15) is 5.56 Å². The molecule has 0 atom stereocenters. The molecule has 33 heavy (non-hydrogen) atoms. The Morgan fingerprint density at radius 3 is 2.48 bits per heavy atom. The molecular formula is C20H24F3N5O4S. The number of aromatic nitrogens is 1. The van der Waals surface area contributed by atoms with Gasteiger partial charge in [-0.3, -0.25) is 14.6 Å². The Morgan fingerprint density at radius 2 is 1.79 bits per heavy atom. The van der Waals surface area contributed by atoms with E-state index >= 15 is 0 Å². The number of ether oxygens (including phenoxy) is 2. The summed E-state index contributed by atoms with van der Waals surface area (Å²) < 4.78 is 75.6. The highest BCUT2D eigenvalue weighted by molar-refractivity contribution is 7.90. The minimum atomic E-state index is -4.72. The summed E-state index contributed by atoms with van der Waals surface area (Å²) in [6, 6.07) is 7.50. The highest BCUT2D eigenvalue weighted by atomic mass is 32.2. The third-order valence-electron chi connectivity index (χ3n) is 5.35. The summed E-state index contributed by atoms with van der Waals surface area (Å²) in [5, 5.41) is 0. The Morgan fingerprint density at radius 1 is 1.06 bits per heavy atom. The SMILES string of the molecule is O=S(=O)(Nc1cnccc1CN1CCN(c2ccc(OC(F)(F)F)cc2)C1)N1CCOCC1. The highest BCUT2D eigenvalue weighted by Gasteiger charge is 2.31. The number of nitrogens with one attached hydrogen (secondary N) is 1. The molecule has 9 nitrogen and oxygen atoms in total. The van der Waals surface area contributed by atoms with Gasteiger partial charge in [0.1, 0.15) is 5.75 Å². The maximum atomic E-state index is 12.7. The van der Waals surface area contributed by atoms with E-state index in [1.54, 1.807) is 24.4 Å². The first-order chi connectivity index (χ1) is 15.7. The van der Waals surface area contributed by atoms with E-state index in [4.69, 9.17) is 4.74 Å². The van der Waals surface area contributed by atoms with Gasteiger partial charge in [-0.2, -0.15) is 12.7 Å². The molecule has 180 valence electrons. The Labute approximate surface area is 189 Å². The van der Waals surface area contributed by atoms with Gasteiger partial charge in [0.05, 0.1) is 31.8 Å². The van der Waals surface area contributed by atoms with Crippen molar-refractivity contribution in [3.63, 3.8) is 0 Å². The van der Waals surface area contributed by atoms with Crippen LogP contribution in [0.4, 0.5) is 24.5 Å². The number of pyridine rings is 1. The molecule has 0 unspecified atom stereocenters. The van der Waals surface area contributed by atoms with Crippen molar-refractivity contribution >= 4 is 21.6 Å². The average molecular weight is 488 g/mol. The van der Waals surface area contributed by atoms with E-state index in [0.717, 1.165) is 11.3 Å². The molecule has 2 fully saturated rings. The van der Waals surface area contributed by atoms with Crippen LogP contribution in [0.25, 0.3) is 0 Å². The van der Waals surface area contributed by atoms with E-state index in [-0.39, 0.29) is 5.75 Å². The molecule has 13 heteroatoms. The van der Waals surface area contributed by atoms with Gasteiger partial charge in [-0.15, -0.1) is 13.2 Å². The molecule has 0 spiro atoms. The van der Waals surface area contributed by atoms with E-state index in [1.807, 2.05) is 4.90 Å². The fraction of sp³-hybridized carbons (Fsp3) is 0.450. The third kappa shape index (κ3) is 6.25. The van der Waals surface area contributed by atoms with Crippen LogP contribution in [0.15, 0.2) is 42.7 Å². The predicted octanol–water partition coefficient (Wildman–Crippen LogP) is 2.25. The second-order valence-corrected chi connectivity index (χ2v) is 9.32. The molecule has 0 aliphatic carbocycles. The minimum Gasteiger partial charge on any atom is -0.406 e. The average Bonchev–Trinajstić information content (AvgIpc) is 3.23. The van der Waals surface area contributed by atoms with Crippen molar-refractivity contribution in [1.82, 2.24) is 14.2 Å². The lowest BCUT2D eigenvalue weighted by molar-refractivity contribution is -0.274. The smallest absolute Gasteiger partial charge is 0.406 e. The fourth-order valence-electron chi connectivity index (χ4n) is 3.73. The number of nitrogens with zero attached hydrogens (tertiary/aromatic N) is 4. The lowest BCUT2D eigenvalue weighted by Gasteiger charge is -2.27. The number of hydrogen-bond donors (Lipinski definition) is 1. The maximum Gasteiger partial charge on any atom is 0.573 e. The quantitative estimate of drug-likeness (QED) is 0.641. The number of morpholine rings is 1. The Hall–Kier alpha value is -2.61. The van der Waals surface area contributed by atoms with Gasteiger partial charge in [-0.05, 0) is 35.9 Å². The summed E-state index contributed by atoms with van der Waals surface area (Å²) in [5.74, 6) is -0.267. The van der Waals surface area contributed by atoms with Crippen LogP contribution in [-0.4, -0.2) is 75.0 Å². The summed E-state index contributed by atoms with van der Waals surface area (Å²) in [5.41, 5.74) is 1.96. The zero-order chi connectivity index (χ0) is 23.5. The molecule has 1 N–H and O–H groups in total. The molecule has 0 bridgehead atoms. The van der Waals surface area contributed by atoms with E-state index < -0.39 is 16.6 Å². The summed E-state index contributed by atoms with van der Waals surface area (Å²) in [4.78, 5) is 8.19. The highest BCUT2D eigenvalue weighted by Crippen LogP contribution is 2.27. The summed E-state index contributed by atoms with van der Waals surface area (Å²) in [6.45, 7) is 3.70. The number of hydrogen-bond acceptors (Lipinski definition) is 7. The lowest BCUT2D eigenvalue weighted by Crippen LogP contribution is -2.43. The minimum absolute atomic E-state index is 0.267. The second kappa shape index (κ2) is 9.71. The summed E-state index contributed by atoms with van der Waals surface area (Å²) in [6.07, 6.45) is -1.63. The molecule has 2 aromatic rings. The number of rotatable bonds is 7. The Bertz CT molecular complexity index is 1050. The molecule has 3 heterocycles. The van der Waals surface area contributed by atoms with E-state index in [0.29, 0.717) is 58.3 Å². The van der Waals surface area contributed by atoms with Crippen molar-refractivity contribution in [2.75, 3.05) is 55.7 Å². The largest absolute Gasteiger partial charge is 0.573 e. The monoisotopic (exact) mass is 487 g/mol. The Kier molecular flexibility index (Phi) is 6.93. The standard InChI is InChI=1S/C20H24F3N5O4S/c21-20(22,23)32-18-3-1-17(2-4-18)27-8-7-26(15-27)14-16-5-6-24-13-19(16)25-33(29,30)28-9-11-31-12-10-28/h1-6,13,25H,7-12,14-15H2. The fourth-order valence-corrected chi connectivity index (χ4v) is 4.95. The van der Waals surface area contributed by atoms with E-state index in [9.17, 15) is 21.6 Å². The van der Waals surface area contributed by atoms with Crippen molar-refractivity contribution in [3.8, 4) is 5.75 Å². The van der Waals surface area contributed by atoms with Gasteiger partial charge < -0.3 is 14.4 Å². The maximum absolute atomic E-state index is 12.7. The molecule has 1 aromatic carbocycles. The van der Waals surface area contributed by atoms with E-state index in [1.165, 1.54) is 22.6 Å². The summed E-state index contributed by atoms with van der Waals surface area (Å²) >= 11 is 0. The zero-order valence-corrected chi connectivity index (χ0v) is 18.5. The van der Waals surface area contributed by atoms with Gasteiger partial charge in [0.25, 0.3) is 0 Å². The molecular weight excluding hydrogens is 463 g/mol. The summed E-state index contributed by atoms with van der Waals surface area (Å²) in [7, 11) is -3.72. The number of benzene rings is 1. The van der Waals surface area contributed by atoms with Gasteiger partial charge in [-0.1, -0.05) is 0 Å². The molecule has 2 aliphatic heterocycles. The normalized spacial score (nSPS) is 18.5. The first-order valence-corrected chi connectivity index (χ1v) is 11.8. The van der Waals surface area contributed by atoms with Crippen LogP contribution < -0.4 is 14.4 Å². The number of halogens is 3. The molecule has 0 amide bonds. The van der Waals surface area contributed by atoms with Crippen LogP contribution in [0.5, 0.6) is 5.75 Å². The van der Waals surface area contributed by atoms with Crippen LogP contribution in [0, 0.1) is 0 Å². The van der Waals surface area contributed by atoms with Crippen molar-refractivity contribution in [1.29, 1.82) is 0 Å². The van der Waals surface area contributed by atoms with Gasteiger partial charge in [0.15, 0.2) is 0 Å². The van der Waals surface area contributed by atoms with E-state index in [2.05, 4.69) is 19.3 Å². The zero-order valence-electron chi connectivity index (χ0n) is 17.7. The Balaban J connectivity index is 1.38. The van der Waals surface area contributed by atoms with Crippen molar-refractivity contribution < 1.29 is 31.1 Å². The van der Waals surface area contributed by atoms with Crippen molar-refractivity contribution in [2.24, 2.45) is 0 Å². The predicted molar refractivity (Wildman–Crippen MR) is 115 cm³/mol. The van der Waals surface area contributed by atoms with Crippen molar-refractivity contribution in [3.05, 3.63) is 48.3 Å². The van der Waals surface area contributed by atoms with Gasteiger partial charge in [0, 0.05) is 44.6 Å². The third-order valence-corrected chi connectivity index (χ3v) is 6.87. The van der Waals surface area contributed by atoms with Gasteiger partial charge in [0.2, 0.25) is 0 Å². The first kappa shape index (κ1) is 23.5. The first-order valence-electron chi connectivity index (χ1n) is 10.3. The van der Waals surface area contributed by atoms with Gasteiger partial charge >= 0.3 is 16.6 Å². The van der Waals surface area contributed by atoms with Crippen LogP contribution in [0.2, 0.25) is 0 Å². The van der Waals surface area contributed by atoms with Crippen LogP contribution in [0.3, 0.4) is 0 Å². The molecule has 4 rings (SSSR count). The topological polar surface area (TPSA) is 87.2 Å².